The summed E-state index contributed by atoms with van der Waals surface area (Å²) >= 11 is 3.13. The van der Waals surface area contributed by atoms with E-state index < -0.39 is 5.91 Å². The predicted molar refractivity (Wildman–Crippen MR) is 132 cm³/mol. The molecule has 0 atom stereocenters. The van der Waals surface area contributed by atoms with Crippen molar-refractivity contribution in [2.45, 2.75) is 37.8 Å². The fourth-order valence-corrected chi connectivity index (χ4v) is 6.03. The Morgan fingerprint density at radius 2 is 1.88 bits per heavy atom. The number of thiophene rings is 1. The minimum absolute atomic E-state index is 0.0909. The molecule has 5 nitrogen and oxygen atoms in total. The molecule has 0 saturated heterocycles. The van der Waals surface area contributed by atoms with Crippen LogP contribution in [0.15, 0.2) is 59.5 Å². The van der Waals surface area contributed by atoms with E-state index in [1.807, 2.05) is 18.2 Å². The number of nitrogens with two attached hydrogens (primary N) is 1. The second kappa shape index (κ2) is 10.3. The average molecular weight is 466 g/mol. The van der Waals surface area contributed by atoms with Crippen molar-refractivity contribution in [3.05, 3.63) is 81.7 Å². The Morgan fingerprint density at radius 3 is 2.59 bits per heavy atom. The van der Waals surface area contributed by atoms with E-state index >= 15 is 0 Å². The van der Waals surface area contributed by atoms with Gasteiger partial charge in [-0.2, -0.15) is 0 Å². The summed E-state index contributed by atoms with van der Waals surface area (Å²) in [5.74, 6) is 0.117. The lowest BCUT2D eigenvalue weighted by Gasteiger charge is -2.27. The quantitative estimate of drug-likeness (QED) is 0.467. The molecule has 0 saturated carbocycles. The van der Waals surface area contributed by atoms with Crippen molar-refractivity contribution >= 4 is 39.9 Å². The number of hydrogen-bond acceptors (Lipinski definition) is 5. The fraction of sp³-hybridized carbons (Fsp3) is 0.280. The van der Waals surface area contributed by atoms with E-state index in [1.165, 1.54) is 22.5 Å². The Morgan fingerprint density at radius 1 is 1.12 bits per heavy atom. The Kier molecular flexibility index (Phi) is 7.29. The molecule has 2 amide bonds. The Labute approximate surface area is 197 Å². The normalized spacial score (nSPS) is 13.5. The number of anilines is 1. The summed E-state index contributed by atoms with van der Waals surface area (Å²) in [6.45, 7) is 4.54. The number of amides is 2. The Hall–Kier alpha value is -2.61. The number of thioether (sulfide) groups is 1. The molecule has 1 aromatic heterocycles. The van der Waals surface area contributed by atoms with E-state index in [4.69, 9.17) is 5.73 Å². The highest BCUT2D eigenvalue weighted by atomic mass is 32.2. The zero-order valence-electron chi connectivity index (χ0n) is 18.1. The van der Waals surface area contributed by atoms with Gasteiger partial charge in [0.1, 0.15) is 5.00 Å². The highest BCUT2D eigenvalue weighted by Crippen LogP contribution is 2.37. The first-order valence-corrected chi connectivity index (χ1v) is 12.5. The first-order chi connectivity index (χ1) is 15.5. The molecule has 2 heterocycles. The molecule has 3 N–H and O–H groups in total. The van der Waals surface area contributed by atoms with Gasteiger partial charge < -0.3 is 11.1 Å². The summed E-state index contributed by atoms with van der Waals surface area (Å²) in [4.78, 5) is 29.4. The van der Waals surface area contributed by atoms with Crippen LogP contribution in [0.5, 0.6) is 0 Å². The molecule has 4 rings (SSSR count). The van der Waals surface area contributed by atoms with Crippen LogP contribution in [-0.4, -0.2) is 29.0 Å². The summed E-state index contributed by atoms with van der Waals surface area (Å²) in [6.07, 6.45) is 1.13. The van der Waals surface area contributed by atoms with Gasteiger partial charge in [-0.3, -0.25) is 14.5 Å². The van der Waals surface area contributed by atoms with Crippen molar-refractivity contribution < 1.29 is 9.59 Å². The molecule has 1 aliphatic rings. The molecule has 166 valence electrons. The summed E-state index contributed by atoms with van der Waals surface area (Å²) in [5.41, 5.74) is 9.67. The first-order valence-electron chi connectivity index (χ1n) is 10.7. The minimum atomic E-state index is -0.469. The fourth-order valence-electron chi connectivity index (χ4n) is 3.87. The van der Waals surface area contributed by atoms with Gasteiger partial charge in [-0.05, 0) is 36.6 Å². The number of aryl methyl sites for hydroxylation is 1. The van der Waals surface area contributed by atoms with Crippen LogP contribution in [0.2, 0.25) is 0 Å². The van der Waals surface area contributed by atoms with E-state index in [0.717, 1.165) is 41.4 Å². The highest BCUT2D eigenvalue weighted by molar-refractivity contribution is 7.99. The van der Waals surface area contributed by atoms with E-state index in [2.05, 4.69) is 53.5 Å². The number of rotatable bonds is 8. The molecule has 0 aliphatic carbocycles. The predicted octanol–water partition coefficient (Wildman–Crippen LogP) is 4.83. The Balaban J connectivity index is 1.39. The number of nitrogens with one attached hydrogen (secondary N) is 1. The third-order valence-corrected chi connectivity index (χ3v) is 7.65. The van der Waals surface area contributed by atoms with Gasteiger partial charge >= 0.3 is 0 Å². The van der Waals surface area contributed by atoms with E-state index in [9.17, 15) is 9.59 Å². The van der Waals surface area contributed by atoms with Crippen LogP contribution in [0, 0.1) is 6.92 Å². The van der Waals surface area contributed by atoms with Gasteiger partial charge in [0.2, 0.25) is 5.91 Å². The van der Waals surface area contributed by atoms with Crippen LogP contribution < -0.4 is 11.1 Å². The van der Waals surface area contributed by atoms with E-state index in [1.54, 1.807) is 11.8 Å². The number of carbonyl (C=O) groups excluding carboxylic acids is 2. The standard InChI is InChI=1S/C25H27N3O2S2/c1-17-7-9-19(10-8-17)31-14-12-22(29)27-25-23(24(26)30)20-11-13-28(16-21(20)32-25)15-18-5-3-2-4-6-18/h2-10H,11-16H2,1H3,(H2,26,30)(H,27,29). The molecule has 0 bridgehead atoms. The van der Waals surface area contributed by atoms with Gasteiger partial charge in [0, 0.05) is 41.6 Å². The molecule has 0 radical (unpaired) electrons. The van der Waals surface area contributed by atoms with Crippen molar-refractivity contribution in [2.24, 2.45) is 5.73 Å². The van der Waals surface area contributed by atoms with E-state index in [-0.39, 0.29) is 5.91 Å². The highest BCUT2D eigenvalue weighted by Gasteiger charge is 2.27. The lowest BCUT2D eigenvalue weighted by Crippen LogP contribution is -2.30. The van der Waals surface area contributed by atoms with Gasteiger partial charge in [0.25, 0.3) is 5.91 Å². The maximum Gasteiger partial charge on any atom is 0.251 e. The van der Waals surface area contributed by atoms with Crippen molar-refractivity contribution in [3.63, 3.8) is 0 Å². The number of nitrogens with zero attached hydrogens (tertiary/aromatic N) is 1. The summed E-state index contributed by atoms with van der Waals surface area (Å²) in [7, 11) is 0. The SMILES string of the molecule is Cc1ccc(SCCC(=O)Nc2sc3c(c2C(N)=O)CCN(Cc2ccccc2)C3)cc1. The zero-order chi connectivity index (χ0) is 22.5. The number of carbonyl (C=O) groups is 2. The molecule has 32 heavy (non-hydrogen) atoms. The average Bonchev–Trinajstić information content (AvgIpc) is 3.13. The van der Waals surface area contributed by atoms with Crippen molar-refractivity contribution in [1.29, 1.82) is 0 Å². The molecular weight excluding hydrogens is 438 g/mol. The summed E-state index contributed by atoms with van der Waals surface area (Å²) in [5, 5.41) is 3.55. The second-order valence-electron chi connectivity index (χ2n) is 7.98. The van der Waals surface area contributed by atoms with Gasteiger partial charge in [-0.25, -0.2) is 0 Å². The second-order valence-corrected chi connectivity index (χ2v) is 10.3. The maximum atomic E-state index is 12.6. The lowest BCUT2D eigenvalue weighted by atomic mass is 10.0. The van der Waals surface area contributed by atoms with Crippen LogP contribution in [0.3, 0.4) is 0 Å². The van der Waals surface area contributed by atoms with E-state index in [0.29, 0.717) is 22.7 Å². The molecule has 0 unspecified atom stereocenters. The molecule has 7 heteroatoms. The Bertz CT molecular complexity index is 1090. The van der Waals surface area contributed by atoms with Gasteiger partial charge in [-0.1, -0.05) is 48.0 Å². The molecule has 1 aliphatic heterocycles. The van der Waals surface area contributed by atoms with Crippen molar-refractivity contribution in [2.75, 3.05) is 17.6 Å². The topological polar surface area (TPSA) is 75.4 Å². The zero-order valence-corrected chi connectivity index (χ0v) is 19.7. The third-order valence-electron chi connectivity index (χ3n) is 5.50. The maximum absolute atomic E-state index is 12.6. The van der Waals surface area contributed by atoms with Crippen LogP contribution in [-0.2, 0) is 24.3 Å². The minimum Gasteiger partial charge on any atom is -0.365 e. The van der Waals surface area contributed by atoms with Gasteiger partial charge in [0.05, 0.1) is 5.56 Å². The largest absolute Gasteiger partial charge is 0.365 e. The first kappa shape index (κ1) is 22.6. The summed E-state index contributed by atoms with van der Waals surface area (Å²) in [6, 6.07) is 18.6. The molecule has 2 aromatic carbocycles. The third kappa shape index (κ3) is 5.59. The molecule has 0 spiro atoms. The van der Waals surface area contributed by atoms with Crippen LogP contribution in [0.4, 0.5) is 5.00 Å². The number of primary amides is 1. The number of hydrogen-bond donors (Lipinski definition) is 2. The van der Waals surface area contributed by atoms with Crippen molar-refractivity contribution in [1.82, 2.24) is 4.90 Å². The monoisotopic (exact) mass is 465 g/mol. The van der Waals surface area contributed by atoms with Crippen LogP contribution in [0.1, 0.15) is 38.3 Å². The lowest BCUT2D eigenvalue weighted by molar-refractivity contribution is -0.115. The molecular formula is C25H27N3O2S2. The van der Waals surface area contributed by atoms with Crippen LogP contribution in [0.25, 0.3) is 0 Å². The summed E-state index contributed by atoms with van der Waals surface area (Å²) < 4.78 is 0. The number of fused-ring (bicyclic) bond motifs is 1. The van der Waals surface area contributed by atoms with Gasteiger partial charge in [0.15, 0.2) is 0 Å². The smallest absolute Gasteiger partial charge is 0.251 e. The molecule has 0 fully saturated rings. The number of benzene rings is 2. The molecule has 3 aromatic rings. The van der Waals surface area contributed by atoms with Crippen LogP contribution >= 0.6 is 23.1 Å². The van der Waals surface area contributed by atoms with Gasteiger partial charge in [-0.15, -0.1) is 23.1 Å². The van der Waals surface area contributed by atoms with Crippen molar-refractivity contribution in [3.8, 4) is 0 Å².